The van der Waals surface area contributed by atoms with Crippen LogP contribution in [0, 0.1) is 5.92 Å². The van der Waals surface area contributed by atoms with Gasteiger partial charge in [0.1, 0.15) is 6.04 Å². The van der Waals surface area contributed by atoms with Crippen molar-refractivity contribution in [3.05, 3.63) is 0 Å². The first-order chi connectivity index (χ1) is 13.1. The van der Waals surface area contributed by atoms with Crippen LogP contribution >= 0.6 is 0 Å². The van der Waals surface area contributed by atoms with Gasteiger partial charge in [-0.3, -0.25) is 4.79 Å². The molecule has 0 aliphatic carbocycles. The van der Waals surface area contributed by atoms with Gasteiger partial charge in [0.25, 0.3) is 0 Å². The van der Waals surface area contributed by atoms with Crippen molar-refractivity contribution in [1.29, 1.82) is 0 Å². The molecule has 0 radical (unpaired) electrons. The van der Waals surface area contributed by atoms with E-state index < -0.39 is 5.97 Å². The Kier molecular flexibility index (Phi) is 25.9. The zero-order valence-electron chi connectivity index (χ0n) is 20.7. The molecule has 0 fully saturated rings. The average Bonchev–Trinajstić information content (AvgIpc) is 2.66. The van der Waals surface area contributed by atoms with Gasteiger partial charge in [0.05, 0.1) is 0 Å². The smallest absolute Gasteiger partial charge is 1.00 e. The number of unbranched alkanes of at least 4 members (excludes halogenated alkanes) is 15. The van der Waals surface area contributed by atoms with Crippen molar-refractivity contribution < 1.29 is 40.9 Å². The minimum absolute atomic E-state index is 0. The van der Waals surface area contributed by atoms with E-state index in [4.69, 9.17) is 0 Å². The van der Waals surface area contributed by atoms with Gasteiger partial charge in [-0.1, -0.05) is 124 Å². The summed E-state index contributed by atoms with van der Waals surface area (Å²) >= 11 is 0. The number of rotatable bonds is 21. The van der Waals surface area contributed by atoms with Crippen molar-refractivity contribution in [1.82, 2.24) is 5.32 Å². The minimum Gasteiger partial charge on any atom is -1.00 e. The summed E-state index contributed by atoms with van der Waals surface area (Å²) < 4.78 is 0. The fourth-order valence-electron chi connectivity index (χ4n) is 3.70. The fourth-order valence-corrected chi connectivity index (χ4v) is 3.70. The second-order valence-corrected chi connectivity index (χ2v) is 8.46. The van der Waals surface area contributed by atoms with Crippen molar-refractivity contribution in [3.8, 4) is 0 Å². The van der Waals surface area contributed by atoms with Gasteiger partial charge in [0.15, 0.2) is 0 Å². The van der Waals surface area contributed by atoms with E-state index in [9.17, 15) is 9.90 Å². The van der Waals surface area contributed by atoms with Crippen LogP contribution in [0.25, 0.3) is 0 Å². The van der Waals surface area contributed by atoms with Crippen LogP contribution < -0.4 is 34.9 Å². The summed E-state index contributed by atoms with van der Waals surface area (Å²) in [5.74, 6) is -0.510. The number of aliphatic carboxylic acids is 1. The molecule has 0 heterocycles. The first kappa shape index (κ1) is 30.6. The number of hydrogen-bond donors (Lipinski definition) is 2. The average molecular weight is 408 g/mol. The number of carboxylic acids is 1. The largest absolute Gasteiger partial charge is 1.00 e. The van der Waals surface area contributed by atoms with Gasteiger partial charge in [-0.05, 0) is 18.9 Å². The van der Waals surface area contributed by atoms with Crippen LogP contribution in [0.2, 0.25) is 0 Å². The van der Waals surface area contributed by atoms with Crippen molar-refractivity contribution >= 4 is 5.97 Å². The van der Waals surface area contributed by atoms with E-state index in [1.165, 1.54) is 96.3 Å². The molecule has 2 unspecified atom stereocenters. The molecule has 0 aromatic rings. The van der Waals surface area contributed by atoms with Crippen molar-refractivity contribution in [3.63, 3.8) is 0 Å². The van der Waals surface area contributed by atoms with Crippen molar-refractivity contribution in [2.45, 2.75) is 136 Å². The number of hydrogen-bond acceptors (Lipinski definition) is 2. The molecule has 0 rings (SSSR count). The van der Waals surface area contributed by atoms with Gasteiger partial charge in [0, 0.05) is 0 Å². The summed E-state index contributed by atoms with van der Waals surface area (Å²) in [7, 11) is 0. The van der Waals surface area contributed by atoms with Gasteiger partial charge in [0.2, 0.25) is 0 Å². The molecule has 4 heteroatoms. The van der Waals surface area contributed by atoms with Crippen LogP contribution in [0.5, 0.6) is 0 Å². The molecule has 0 saturated carbocycles. The molecule has 28 heavy (non-hydrogen) atoms. The molecular formula is C24H50NNaO2. The zero-order valence-corrected chi connectivity index (χ0v) is 21.7. The fraction of sp³-hybridized carbons (Fsp3) is 0.958. The quantitative estimate of drug-likeness (QED) is 0.218. The summed E-state index contributed by atoms with van der Waals surface area (Å²) in [5.41, 5.74) is 0. The molecule has 2 atom stereocenters. The van der Waals surface area contributed by atoms with Crippen LogP contribution in [0.3, 0.4) is 0 Å². The molecule has 0 aliphatic heterocycles. The predicted molar refractivity (Wildman–Crippen MR) is 120 cm³/mol. The maximum absolute atomic E-state index is 11.2. The van der Waals surface area contributed by atoms with E-state index in [-0.39, 0.29) is 42.9 Å². The molecule has 0 aromatic carbocycles. The van der Waals surface area contributed by atoms with E-state index in [0.717, 1.165) is 19.4 Å². The molecule has 2 N–H and O–H groups in total. The molecule has 0 amide bonds. The van der Waals surface area contributed by atoms with Gasteiger partial charge in [-0.25, -0.2) is 0 Å². The zero-order chi connectivity index (χ0) is 20.2. The summed E-state index contributed by atoms with van der Waals surface area (Å²) in [6.07, 6.45) is 22.8. The van der Waals surface area contributed by atoms with Gasteiger partial charge in [-0.15, -0.1) is 0 Å². The molecule has 0 aromatic heterocycles. The SMILES string of the molecule is CCCCCCCCCCCCCCCCCCNC(C(=O)O)C(C)CC.[H-].[Na+]. The van der Waals surface area contributed by atoms with Crippen LogP contribution in [-0.2, 0) is 4.79 Å². The van der Waals surface area contributed by atoms with E-state index in [1.807, 2.05) is 6.92 Å². The van der Waals surface area contributed by atoms with E-state index >= 15 is 0 Å². The monoisotopic (exact) mass is 407 g/mol. The van der Waals surface area contributed by atoms with E-state index in [1.54, 1.807) is 0 Å². The molecule has 3 nitrogen and oxygen atoms in total. The Hall–Kier alpha value is 0.430. The Morgan fingerprint density at radius 2 is 1.11 bits per heavy atom. The van der Waals surface area contributed by atoms with E-state index in [2.05, 4.69) is 19.2 Å². The third kappa shape index (κ3) is 19.7. The third-order valence-electron chi connectivity index (χ3n) is 5.87. The Bertz CT molecular complexity index is 332. The number of nitrogens with one attached hydrogen (secondary N) is 1. The maximum Gasteiger partial charge on any atom is 1.00 e. The van der Waals surface area contributed by atoms with Crippen molar-refractivity contribution in [2.75, 3.05) is 6.54 Å². The van der Waals surface area contributed by atoms with Gasteiger partial charge in [-0.2, -0.15) is 0 Å². The van der Waals surface area contributed by atoms with Gasteiger partial charge < -0.3 is 11.8 Å². The predicted octanol–water partition coefficient (Wildman–Crippen LogP) is 4.45. The summed E-state index contributed by atoms with van der Waals surface area (Å²) in [6, 6.07) is -0.383. The summed E-state index contributed by atoms with van der Waals surface area (Å²) in [6.45, 7) is 7.18. The number of carboxylic acid groups (broad SMARTS) is 1. The number of carbonyl (C=O) groups is 1. The minimum atomic E-state index is -0.708. The second-order valence-electron chi connectivity index (χ2n) is 8.46. The van der Waals surface area contributed by atoms with Crippen LogP contribution in [0.1, 0.15) is 131 Å². The first-order valence-corrected chi connectivity index (χ1v) is 12.1. The third-order valence-corrected chi connectivity index (χ3v) is 5.87. The normalized spacial score (nSPS) is 13.1. The van der Waals surface area contributed by atoms with Crippen LogP contribution in [0.15, 0.2) is 0 Å². The molecule has 0 spiro atoms. The molecule has 0 bridgehead atoms. The van der Waals surface area contributed by atoms with Crippen molar-refractivity contribution in [2.24, 2.45) is 5.92 Å². The summed E-state index contributed by atoms with van der Waals surface area (Å²) in [4.78, 5) is 11.2. The van der Waals surface area contributed by atoms with E-state index in [0.29, 0.717) is 0 Å². The molecule has 0 aliphatic rings. The Labute approximate surface area is 200 Å². The maximum atomic E-state index is 11.2. The topological polar surface area (TPSA) is 49.3 Å². The Morgan fingerprint density at radius 1 is 0.750 bits per heavy atom. The van der Waals surface area contributed by atoms with Crippen LogP contribution in [0.4, 0.5) is 0 Å². The standard InChI is InChI=1S/C24H49NO2.Na.H/c1-4-6-7-8-9-10-11-12-13-14-15-16-17-18-19-20-21-25-23(24(26)27)22(3)5-2;;/h22-23,25H,4-21H2,1-3H3,(H,26,27);;/q;+1;-1. The van der Waals surface area contributed by atoms with Crippen LogP contribution in [-0.4, -0.2) is 23.7 Å². The molecule has 164 valence electrons. The second kappa shape index (κ2) is 23.7. The Morgan fingerprint density at radius 3 is 1.43 bits per heavy atom. The first-order valence-electron chi connectivity index (χ1n) is 12.1. The molecule has 0 saturated heterocycles. The Balaban J connectivity index is -0.00000338. The summed E-state index contributed by atoms with van der Waals surface area (Å²) in [5, 5.41) is 12.5. The molecular weight excluding hydrogens is 357 g/mol. The van der Waals surface area contributed by atoms with Gasteiger partial charge >= 0.3 is 35.5 Å².